The molecule has 0 radical (unpaired) electrons. The van der Waals surface area contributed by atoms with Gasteiger partial charge < -0.3 is 5.32 Å². The molecule has 1 amide bonds. The van der Waals surface area contributed by atoms with Crippen LogP contribution in [0.25, 0.3) is 0 Å². The summed E-state index contributed by atoms with van der Waals surface area (Å²) in [7, 11) is 0. The number of amides is 1. The summed E-state index contributed by atoms with van der Waals surface area (Å²) < 4.78 is 0. The number of rotatable bonds is 5. The molecule has 0 unspecified atom stereocenters. The number of hydrogen-bond acceptors (Lipinski definition) is 2. The summed E-state index contributed by atoms with van der Waals surface area (Å²) in [6.07, 6.45) is 6.02. The molecule has 0 heterocycles. The molecule has 0 bridgehead atoms. The van der Waals surface area contributed by atoms with Gasteiger partial charge in [-0.05, 0) is 42.7 Å². The second-order valence-corrected chi connectivity index (χ2v) is 7.16. The Morgan fingerprint density at radius 2 is 1.65 bits per heavy atom. The van der Waals surface area contributed by atoms with Gasteiger partial charge in [0.1, 0.15) is 0 Å². The number of carbonyl (C=O) groups is 1. The van der Waals surface area contributed by atoms with Crippen molar-refractivity contribution < 1.29 is 4.79 Å². The molecule has 3 heteroatoms. The molecule has 1 fully saturated rings. The summed E-state index contributed by atoms with van der Waals surface area (Å²) >= 11 is 1.82. The second-order valence-electron chi connectivity index (χ2n) is 6.11. The van der Waals surface area contributed by atoms with E-state index in [4.69, 9.17) is 0 Å². The van der Waals surface area contributed by atoms with E-state index in [1.807, 2.05) is 30.0 Å². The Hall–Kier alpha value is -1.74. The molecule has 0 saturated heterocycles. The van der Waals surface area contributed by atoms with Gasteiger partial charge in [0.05, 0.1) is 0 Å². The van der Waals surface area contributed by atoms with Gasteiger partial charge in [-0.2, -0.15) is 0 Å². The molecule has 120 valence electrons. The molecule has 1 aliphatic rings. The van der Waals surface area contributed by atoms with Gasteiger partial charge in [0.25, 0.3) is 5.91 Å². The van der Waals surface area contributed by atoms with Crippen LogP contribution in [-0.4, -0.2) is 11.9 Å². The Bertz CT molecular complexity index is 618. The molecule has 2 aromatic carbocycles. The van der Waals surface area contributed by atoms with Gasteiger partial charge in [-0.1, -0.05) is 49.6 Å². The lowest BCUT2D eigenvalue weighted by Gasteiger charge is -2.22. The van der Waals surface area contributed by atoms with Crippen LogP contribution in [0.1, 0.15) is 48.0 Å². The van der Waals surface area contributed by atoms with Crippen molar-refractivity contribution in [2.75, 3.05) is 0 Å². The van der Waals surface area contributed by atoms with Gasteiger partial charge in [-0.25, -0.2) is 0 Å². The first-order valence-corrected chi connectivity index (χ1v) is 9.37. The fraction of sp³-hybridized carbons (Fsp3) is 0.350. The predicted molar refractivity (Wildman–Crippen MR) is 96.8 cm³/mol. The Kier molecular flexibility index (Phi) is 5.76. The van der Waals surface area contributed by atoms with Crippen LogP contribution in [0.2, 0.25) is 0 Å². The van der Waals surface area contributed by atoms with E-state index < -0.39 is 0 Å². The SMILES string of the molecule is O=C(NC1CCCCC1)c1ccc(CSc2ccccc2)cc1. The molecule has 2 nitrogen and oxygen atoms in total. The molecule has 0 spiro atoms. The Labute approximate surface area is 142 Å². The smallest absolute Gasteiger partial charge is 0.251 e. The van der Waals surface area contributed by atoms with Gasteiger partial charge in [0, 0.05) is 22.3 Å². The molecule has 3 rings (SSSR count). The lowest BCUT2D eigenvalue weighted by atomic mass is 9.95. The summed E-state index contributed by atoms with van der Waals surface area (Å²) in [5, 5.41) is 3.17. The standard InChI is InChI=1S/C20H23NOS/c22-20(21-18-7-3-1-4-8-18)17-13-11-16(12-14-17)15-23-19-9-5-2-6-10-19/h2,5-6,9-14,18H,1,3-4,7-8,15H2,(H,21,22). The van der Waals surface area contributed by atoms with E-state index in [0.29, 0.717) is 6.04 Å². The third-order valence-electron chi connectivity index (χ3n) is 4.31. The van der Waals surface area contributed by atoms with Crippen LogP contribution in [0.3, 0.4) is 0 Å². The first-order chi connectivity index (χ1) is 11.3. The quantitative estimate of drug-likeness (QED) is 0.780. The van der Waals surface area contributed by atoms with E-state index in [0.717, 1.165) is 24.2 Å². The third kappa shape index (κ3) is 4.87. The van der Waals surface area contributed by atoms with Crippen molar-refractivity contribution in [1.82, 2.24) is 5.32 Å². The van der Waals surface area contributed by atoms with Gasteiger partial charge in [0.15, 0.2) is 0 Å². The molecule has 0 aliphatic heterocycles. The van der Waals surface area contributed by atoms with Gasteiger partial charge in [-0.15, -0.1) is 11.8 Å². The highest BCUT2D eigenvalue weighted by atomic mass is 32.2. The van der Waals surface area contributed by atoms with Crippen LogP contribution >= 0.6 is 11.8 Å². The highest BCUT2D eigenvalue weighted by molar-refractivity contribution is 7.98. The molecule has 1 saturated carbocycles. The summed E-state index contributed by atoms with van der Waals surface area (Å²) in [5.41, 5.74) is 2.01. The van der Waals surface area contributed by atoms with Crippen LogP contribution in [0, 0.1) is 0 Å². The van der Waals surface area contributed by atoms with Gasteiger partial charge in [0.2, 0.25) is 0 Å². The molecule has 0 aromatic heterocycles. The first kappa shape index (κ1) is 16.1. The largest absolute Gasteiger partial charge is 0.349 e. The van der Waals surface area contributed by atoms with Crippen LogP contribution in [-0.2, 0) is 5.75 Å². The molecule has 23 heavy (non-hydrogen) atoms. The van der Waals surface area contributed by atoms with E-state index in [1.165, 1.54) is 29.7 Å². The lowest BCUT2D eigenvalue weighted by Crippen LogP contribution is -2.36. The number of carbonyl (C=O) groups excluding carboxylic acids is 1. The van der Waals surface area contributed by atoms with Crippen molar-refractivity contribution in [2.45, 2.75) is 48.8 Å². The zero-order chi connectivity index (χ0) is 15.9. The highest BCUT2D eigenvalue weighted by Crippen LogP contribution is 2.22. The minimum atomic E-state index is 0.0687. The van der Waals surface area contributed by atoms with E-state index in [9.17, 15) is 4.79 Å². The maximum atomic E-state index is 12.3. The van der Waals surface area contributed by atoms with E-state index in [-0.39, 0.29) is 5.91 Å². The maximum absolute atomic E-state index is 12.3. The van der Waals surface area contributed by atoms with E-state index in [2.05, 4.69) is 41.7 Å². The van der Waals surface area contributed by atoms with Crippen LogP contribution < -0.4 is 5.32 Å². The minimum Gasteiger partial charge on any atom is -0.349 e. The maximum Gasteiger partial charge on any atom is 0.251 e. The second kappa shape index (κ2) is 8.21. The van der Waals surface area contributed by atoms with Crippen molar-refractivity contribution in [1.29, 1.82) is 0 Å². The third-order valence-corrected chi connectivity index (χ3v) is 5.39. The Morgan fingerprint density at radius 1 is 0.957 bits per heavy atom. The Balaban J connectivity index is 1.52. The molecule has 1 aliphatic carbocycles. The molecule has 2 aromatic rings. The average Bonchev–Trinajstić information content (AvgIpc) is 2.62. The summed E-state index contributed by atoms with van der Waals surface area (Å²) in [6.45, 7) is 0. The number of nitrogens with one attached hydrogen (secondary N) is 1. The number of hydrogen-bond donors (Lipinski definition) is 1. The van der Waals surface area contributed by atoms with E-state index >= 15 is 0 Å². The molecule has 1 N–H and O–H groups in total. The van der Waals surface area contributed by atoms with Crippen LogP contribution in [0.5, 0.6) is 0 Å². The zero-order valence-corrected chi connectivity index (χ0v) is 14.1. The number of thioether (sulfide) groups is 1. The highest BCUT2D eigenvalue weighted by Gasteiger charge is 2.16. The molecular weight excluding hydrogens is 302 g/mol. The summed E-state index contributed by atoms with van der Waals surface area (Å²) in [4.78, 5) is 13.6. The number of benzene rings is 2. The minimum absolute atomic E-state index is 0.0687. The van der Waals surface area contributed by atoms with Gasteiger partial charge in [-0.3, -0.25) is 4.79 Å². The summed E-state index contributed by atoms with van der Waals surface area (Å²) in [6, 6.07) is 18.8. The zero-order valence-electron chi connectivity index (χ0n) is 13.3. The fourth-order valence-electron chi connectivity index (χ4n) is 2.95. The van der Waals surface area contributed by atoms with Crippen molar-refractivity contribution in [3.05, 3.63) is 65.7 Å². The molecule has 0 atom stereocenters. The van der Waals surface area contributed by atoms with Gasteiger partial charge >= 0.3 is 0 Å². The van der Waals surface area contributed by atoms with Crippen molar-refractivity contribution >= 4 is 17.7 Å². The van der Waals surface area contributed by atoms with E-state index in [1.54, 1.807) is 0 Å². The lowest BCUT2D eigenvalue weighted by molar-refractivity contribution is 0.0927. The van der Waals surface area contributed by atoms with Crippen LogP contribution in [0.4, 0.5) is 0 Å². The van der Waals surface area contributed by atoms with Crippen molar-refractivity contribution in [3.8, 4) is 0 Å². The molecular formula is C20H23NOS. The van der Waals surface area contributed by atoms with Crippen molar-refractivity contribution in [2.24, 2.45) is 0 Å². The average molecular weight is 325 g/mol. The van der Waals surface area contributed by atoms with Crippen molar-refractivity contribution in [3.63, 3.8) is 0 Å². The topological polar surface area (TPSA) is 29.1 Å². The normalized spacial score (nSPS) is 15.3. The van der Waals surface area contributed by atoms with Crippen LogP contribution in [0.15, 0.2) is 59.5 Å². The summed E-state index contributed by atoms with van der Waals surface area (Å²) in [5.74, 6) is 0.994. The predicted octanol–water partition coefficient (Wildman–Crippen LogP) is 5.04. The monoisotopic (exact) mass is 325 g/mol. The Morgan fingerprint density at radius 3 is 2.35 bits per heavy atom. The fourth-order valence-corrected chi connectivity index (χ4v) is 3.83. The first-order valence-electron chi connectivity index (χ1n) is 8.39.